The molecule has 4 aromatic rings. The second-order valence-corrected chi connectivity index (χ2v) is 7.47. The minimum absolute atomic E-state index is 0.192. The van der Waals surface area contributed by atoms with Gasteiger partial charge in [-0.05, 0) is 35.2 Å². The number of benzene rings is 2. The van der Waals surface area contributed by atoms with E-state index in [1.807, 2.05) is 12.1 Å². The molecule has 0 saturated carbocycles. The Balaban J connectivity index is 1.42. The molecule has 2 aromatic carbocycles. The number of imidazole rings is 1. The maximum absolute atomic E-state index is 13.0. The van der Waals surface area contributed by atoms with Gasteiger partial charge >= 0.3 is 6.18 Å². The predicted octanol–water partition coefficient (Wildman–Crippen LogP) is 4.55. The van der Waals surface area contributed by atoms with Crippen LogP contribution in [-0.4, -0.2) is 26.5 Å². The molecule has 9 heteroatoms. The number of rotatable bonds is 4. The van der Waals surface area contributed by atoms with Gasteiger partial charge in [-0.25, -0.2) is 4.98 Å². The monoisotopic (exact) mass is 424 g/mol. The molecule has 0 saturated heterocycles. The summed E-state index contributed by atoms with van der Waals surface area (Å²) in [5.41, 5.74) is 3.52. The van der Waals surface area contributed by atoms with Crippen molar-refractivity contribution in [2.24, 2.45) is 0 Å². The topological polar surface area (TPSA) is 69.7 Å². The predicted molar refractivity (Wildman–Crippen MR) is 112 cm³/mol. The van der Waals surface area contributed by atoms with Gasteiger partial charge in [-0.15, -0.1) is 0 Å². The van der Waals surface area contributed by atoms with E-state index in [-0.39, 0.29) is 6.54 Å². The molecule has 31 heavy (non-hydrogen) atoms. The van der Waals surface area contributed by atoms with Gasteiger partial charge in [-0.2, -0.15) is 23.1 Å². The largest absolute Gasteiger partial charge is 0.416 e. The van der Waals surface area contributed by atoms with Crippen LogP contribution in [0.15, 0.2) is 54.9 Å². The number of hydrogen-bond donors (Lipinski definition) is 2. The fraction of sp³-hybridized carbons (Fsp3) is 0.227. The third kappa shape index (κ3) is 3.90. The van der Waals surface area contributed by atoms with Gasteiger partial charge in [0.15, 0.2) is 11.5 Å². The number of halogens is 3. The number of aromatic amines is 1. The van der Waals surface area contributed by atoms with E-state index in [4.69, 9.17) is 0 Å². The van der Waals surface area contributed by atoms with Crippen LogP contribution in [0.2, 0.25) is 0 Å². The molecule has 2 N–H and O–H groups in total. The number of alkyl halides is 3. The van der Waals surface area contributed by atoms with E-state index in [1.165, 1.54) is 23.5 Å². The highest BCUT2D eigenvalue weighted by Crippen LogP contribution is 2.30. The highest BCUT2D eigenvalue weighted by molar-refractivity contribution is 5.83. The zero-order valence-electron chi connectivity index (χ0n) is 16.4. The van der Waals surface area contributed by atoms with Crippen molar-refractivity contribution in [1.29, 1.82) is 0 Å². The summed E-state index contributed by atoms with van der Waals surface area (Å²) in [6.07, 6.45) is -1.95. The molecule has 158 valence electrons. The molecular weight excluding hydrogens is 405 g/mol. The first-order chi connectivity index (χ1) is 15.0. The molecule has 1 aliphatic heterocycles. The van der Waals surface area contributed by atoms with Gasteiger partial charge in [0.2, 0.25) is 5.95 Å². The van der Waals surface area contributed by atoms with Gasteiger partial charge in [0.1, 0.15) is 5.52 Å². The highest BCUT2D eigenvalue weighted by Gasteiger charge is 2.30. The Kier molecular flexibility index (Phi) is 4.72. The average molecular weight is 424 g/mol. The summed E-state index contributed by atoms with van der Waals surface area (Å²) < 4.78 is 39.0. The van der Waals surface area contributed by atoms with Crippen molar-refractivity contribution in [2.75, 3.05) is 16.8 Å². The lowest BCUT2D eigenvalue weighted by Crippen LogP contribution is -2.31. The molecule has 0 unspecified atom stereocenters. The van der Waals surface area contributed by atoms with E-state index in [2.05, 4.69) is 42.3 Å². The number of hydrogen-bond acceptors (Lipinski definition) is 5. The number of H-pyrrole nitrogens is 1. The molecule has 0 amide bonds. The van der Waals surface area contributed by atoms with Crippen molar-refractivity contribution in [1.82, 2.24) is 19.9 Å². The molecule has 0 atom stereocenters. The van der Waals surface area contributed by atoms with Crippen LogP contribution in [0.3, 0.4) is 0 Å². The Hall–Kier alpha value is -3.62. The van der Waals surface area contributed by atoms with Crippen molar-refractivity contribution in [3.63, 3.8) is 0 Å². The Morgan fingerprint density at radius 3 is 2.71 bits per heavy atom. The van der Waals surface area contributed by atoms with Crippen molar-refractivity contribution in [3.8, 4) is 0 Å². The van der Waals surface area contributed by atoms with Crippen molar-refractivity contribution in [3.05, 3.63) is 77.1 Å². The van der Waals surface area contributed by atoms with E-state index in [1.54, 1.807) is 6.07 Å². The van der Waals surface area contributed by atoms with Gasteiger partial charge in [-0.1, -0.05) is 36.4 Å². The second kappa shape index (κ2) is 7.57. The molecule has 3 heterocycles. The van der Waals surface area contributed by atoms with Crippen molar-refractivity contribution >= 4 is 22.9 Å². The average Bonchev–Trinajstić information content (AvgIpc) is 3.25. The first-order valence-corrected chi connectivity index (χ1v) is 9.90. The highest BCUT2D eigenvalue weighted by atomic mass is 19.4. The summed E-state index contributed by atoms with van der Waals surface area (Å²) in [6.45, 7) is 1.66. The minimum Gasteiger partial charge on any atom is -0.364 e. The van der Waals surface area contributed by atoms with Crippen LogP contribution in [0.4, 0.5) is 24.9 Å². The van der Waals surface area contributed by atoms with Gasteiger partial charge in [0.05, 0.1) is 11.9 Å². The summed E-state index contributed by atoms with van der Waals surface area (Å²) in [6, 6.07) is 13.5. The number of anilines is 2. The summed E-state index contributed by atoms with van der Waals surface area (Å²) in [5, 5.41) is 3.15. The Morgan fingerprint density at radius 1 is 1.03 bits per heavy atom. The number of nitrogens with one attached hydrogen (secondary N) is 2. The van der Waals surface area contributed by atoms with E-state index in [9.17, 15) is 13.2 Å². The van der Waals surface area contributed by atoms with Gasteiger partial charge in [0, 0.05) is 19.6 Å². The number of fused-ring (bicyclic) bond motifs is 2. The zero-order valence-corrected chi connectivity index (χ0v) is 16.4. The molecule has 6 nitrogen and oxygen atoms in total. The molecule has 0 bridgehead atoms. The molecule has 5 rings (SSSR count). The molecule has 0 aliphatic carbocycles. The smallest absolute Gasteiger partial charge is 0.364 e. The van der Waals surface area contributed by atoms with Crippen LogP contribution in [0.1, 0.15) is 22.3 Å². The van der Waals surface area contributed by atoms with Gasteiger partial charge < -0.3 is 15.2 Å². The van der Waals surface area contributed by atoms with E-state index < -0.39 is 11.7 Å². The van der Waals surface area contributed by atoms with Crippen LogP contribution in [0.25, 0.3) is 11.2 Å². The number of nitrogens with zero attached hydrogens (tertiary/aromatic N) is 4. The molecule has 2 aromatic heterocycles. The van der Waals surface area contributed by atoms with E-state index in [0.29, 0.717) is 35.0 Å². The minimum atomic E-state index is -4.38. The first kappa shape index (κ1) is 19.3. The Labute approximate surface area is 176 Å². The SMILES string of the molecule is FC(F)(F)c1cccc(CNc2nc(N3CCc4ccccc4C3)nc3nc[nH]c23)c1. The van der Waals surface area contributed by atoms with E-state index >= 15 is 0 Å². The maximum Gasteiger partial charge on any atom is 0.416 e. The van der Waals surface area contributed by atoms with Crippen LogP contribution >= 0.6 is 0 Å². The lowest BCUT2D eigenvalue weighted by molar-refractivity contribution is -0.137. The summed E-state index contributed by atoms with van der Waals surface area (Å²) in [7, 11) is 0. The molecule has 1 aliphatic rings. The van der Waals surface area contributed by atoms with Crippen molar-refractivity contribution in [2.45, 2.75) is 25.7 Å². The summed E-state index contributed by atoms with van der Waals surface area (Å²) in [5.74, 6) is 1.05. The maximum atomic E-state index is 13.0. The zero-order chi connectivity index (χ0) is 21.4. The second-order valence-electron chi connectivity index (χ2n) is 7.47. The lowest BCUT2D eigenvalue weighted by atomic mass is 10.0. The lowest BCUT2D eigenvalue weighted by Gasteiger charge is -2.29. The molecular formula is C22H19F3N6. The first-order valence-electron chi connectivity index (χ1n) is 9.90. The summed E-state index contributed by atoms with van der Waals surface area (Å²) >= 11 is 0. The quantitative estimate of drug-likeness (QED) is 0.503. The fourth-order valence-electron chi connectivity index (χ4n) is 3.80. The molecule has 0 fully saturated rings. The van der Waals surface area contributed by atoms with Crippen molar-refractivity contribution < 1.29 is 13.2 Å². The third-order valence-electron chi connectivity index (χ3n) is 5.40. The summed E-state index contributed by atoms with van der Waals surface area (Å²) in [4.78, 5) is 18.6. The molecule has 0 spiro atoms. The van der Waals surface area contributed by atoms with E-state index in [0.717, 1.165) is 25.1 Å². The normalized spacial score (nSPS) is 14.0. The van der Waals surface area contributed by atoms with Crippen LogP contribution in [0, 0.1) is 0 Å². The van der Waals surface area contributed by atoms with Gasteiger partial charge in [-0.3, -0.25) is 0 Å². The van der Waals surface area contributed by atoms with Crippen LogP contribution in [-0.2, 0) is 25.7 Å². The van der Waals surface area contributed by atoms with Crippen LogP contribution in [0.5, 0.6) is 0 Å². The fourth-order valence-corrected chi connectivity index (χ4v) is 3.80. The standard InChI is InChI=1S/C22H19F3N6/c23-22(24,25)17-7-3-4-14(10-17)11-26-19-18-20(28-13-27-18)30-21(29-19)31-9-8-15-5-1-2-6-16(15)12-31/h1-7,10,13H,8-9,11-12H2,(H2,26,27,28,29,30). The Bertz CT molecular complexity index is 1230. The Morgan fingerprint density at radius 2 is 1.87 bits per heavy atom. The van der Waals surface area contributed by atoms with Gasteiger partial charge in [0.25, 0.3) is 0 Å². The molecule has 0 radical (unpaired) electrons. The number of aromatic nitrogens is 4. The van der Waals surface area contributed by atoms with Crippen LogP contribution < -0.4 is 10.2 Å². The third-order valence-corrected chi connectivity index (χ3v) is 5.40.